The number of imidazole rings is 1. The number of aromatic nitrogens is 4. The number of nitrogens with zero attached hydrogens (tertiary/aromatic N) is 3. The first kappa shape index (κ1) is 24.8. The lowest BCUT2D eigenvalue weighted by atomic mass is 10.1. The molecule has 1 aliphatic heterocycles. The Hall–Kier alpha value is -1.81. The van der Waals surface area contributed by atoms with Crippen molar-refractivity contribution in [2.75, 3.05) is 12.3 Å². The molecule has 21 heteroatoms. The van der Waals surface area contributed by atoms with Crippen molar-refractivity contribution in [2.24, 2.45) is 7.05 Å². The van der Waals surface area contributed by atoms with Crippen LogP contribution < -0.4 is 15.9 Å². The SMILES string of the molecule is Cn1c[n+]([C@@H]2O[C@H](COP(=O)(O)OP(=O)(O)OP(=O)=O)[C@@H](O)[C@H]2O)c2nc(N)[nH]c(=O)c21. The fraction of sp³-hybridized carbons (Fsp3) is 0.545. The van der Waals surface area contributed by atoms with Crippen LogP contribution in [0.3, 0.4) is 0 Å². The molecule has 2 unspecified atom stereocenters. The number of aryl methyl sites for hydroxylation is 1. The molecule has 0 saturated carbocycles. The Labute approximate surface area is 177 Å². The van der Waals surface area contributed by atoms with Crippen LogP contribution in [0.25, 0.3) is 11.2 Å². The molecule has 6 atom stereocenters. The van der Waals surface area contributed by atoms with Gasteiger partial charge in [-0.15, -0.1) is 0 Å². The first-order chi connectivity index (χ1) is 14.7. The van der Waals surface area contributed by atoms with E-state index in [2.05, 4.69) is 23.1 Å². The second-order valence-corrected chi connectivity index (χ2v) is 10.3. The lowest BCUT2D eigenvalue weighted by Gasteiger charge is -2.17. The number of phosphoric acid groups is 2. The molecule has 32 heavy (non-hydrogen) atoms. The quantitative estimate of drug-likeness (QED) is 0.164. The molecule has 1 fully saturated rings. The van der Waals surface area contributed by atoms with Crippen LogP contribution >= 0.6 is 23.6 Å². The number of aliphatic hydroxyl groups excluding tert-OH is 2. The van der Waals surface area contributed by atoms with Gasteiger partial charge in [0, 0.05) is 0 Å². The van der Waals surface area contributed by atoms with Gasteiger partial charge in [-0.1, -0.05) is 4.98 Å². The Kier molecular flexibility index (Phi) is 6.87. The predicted molar refractivity (Wildman–Crippen MR) is 97.9 cm³/mol. The molecular formula is C11H17N5O13P3+. The Morgan fingerprint density at radius 3 is 2.59 bits per heavy atom. The van der Waals surface area contributed by atoms with Crippen LogP contribution in [0.15, 0.2) is 11.1 Å². The molecule has 0 aromatic carbocycles. The lowest BCUT2D eigenvalue weighted by molar-refractivity contribution is -0.745. The molecular weight excluding hydrogens is 503 g/mol. The second-order valence-electron chi connectivity index (χ2n) is 6.42. The van der Waals surface area contributed by atoms with Gasteiger partial charge in [0.25, 0.3) is 11.5 Å². The largest absolute Gasteiger partial charge is 0.493 e. The van der Waals surface area contributed by atoms with E-state index in [0.29, 0.717) is 0 Å². The van der Waals surface area contributed by atoms with Gasteiger partial charge >= 0.3 is 29.2 Å². The Bertz CT molecular complexity index is 1250. The smallest absolute Gasteiger partial charge is 0.387 e. The highest BCUT2D eigenvalue weighted by Gasteiger charge is 2.48. The summed E-state index contributed by atoms with van der Waals surface area (Å²) in [6.45, 7) is -0.951. The highest BCUT2D eigenvalue weighted by molar-refractivity contribution is 7.63. The monoisotopic (exact) mass is 520 g/mol. The molecule has 1 aliphatic rings. The van der Waals surface area contributed by atoms with Crippen molar-refractivity contribution in [3.63, 3.8) is 0 Å². The number of H-pyrrole nitrogens is 1. The maximum absolute atomic E-state index is 12.1. The second kappa shape index (κ2) is 8.85. The number of hydrogen-bond donors (Lipinski definition) is 6. The van der Waals surface area contributed by atoms with E-state index in [4.69, 9.17) is 15.4 Å². The van der Waals surface area contributed by atoms with Crippen molar-refractivity contribution in [3.8, 4) is 0 Å². The zero-order valence-electron chi connectivity index (χ0n) is 15.8. The number of aromatic amines is 1. The zero-order chi connectivity index (χ0) is 24.0. The van der Waals surface area contributed by atoms with Gasteiger partial charge in [-0.2, -0.15) is 8.62 Å². The molecule has 0 spiro atoms. The molecule has 18 nitrogen and oxygen atoms in total. The van der Waals surface area contributed by atoms with Crippen LogP contribution in [0, 0.1) is 0 Å². The minimum atomic E-state index is -5.50. The van der Waals surface area contributed by atoms with Crippen LogP contribution in [0.2, 0.25) is 0 Å². The van der Waals surface area contributed by atoms with Crippen LogP contribution in [-0.2, 0) is 43.2 Å². The minimum Gasteiger partial charge on any atom is -0.387 e. The normalized spacial score (nSPS) is 27.3. The van der Waals surface area contributed by atoms with Gasteiger partial charge in [0.05, 0.1) is 13.7 Å². The fourth-order valence-electron chi connectivity index (χ4n) is 2.97. The molecule has 0 aliphatic carbocycles. The molecule has 3 rings (SSSR count). The Morgan fingerprint density at radius 2 is 1.97 bits per heavy atom. The Morgan fingerprint density at radius 1 is 1.31 bits per heavy atom. The minimum absolute atomic E-state index is 0.00664. The highest BCUT2D eigenvalue weighted by atomic mass is 31.3. The zero-order valence-corrected chi connectivity index (χ0v) is 18.5. The summed E-state index contributed by atoms with van der Waals surface area (Å²) in [6.07, 6.45) is -4.85. The van der Waals surface area contributed by atoms with Crippen molar-refractivity contribution < 1.29 is 60.7 Å². The van der Waals surface area contributed by atoms with Crippen molar-refractivity contribution in [2.45, 2.75) is 24.5 Å². The van der Waals surface area contributed by atoms with Crippen LogP contribution in [-0.4, -0.2) is 59.5 Å². The molecule has 1 saturated heterocycles. The maximum atomic E-state index is 12.1. The molecule has 178 valence electrons. The van der Waals surface area contributed by atoms with Gasteiger partial charge in [0.1, 0.15) is 18.3 Å². The number of ether oxygens (including phenoxy) is 1. The van der Waals surface area contributed by atoms with Gasteiger partial charge in [-0.25, -0.2) is 22.8 Å². The summed E-state index contributed by atoms with van der Waals surface area (Å²) >= 11 is 0. The number of hydrogen-bond acceptors (Lipinski definition) is 13. The summed E-state index contributed by atoms with van der Waals surface area (Å²) in [5, 5.41) is 20.6. The van der Waals surface area contributed by atoms with Crippen LogP contribution in [0.5, 0.6) is 0 Å². The number of rotatable bonds is 8. The number of nitrogen functional groups attached to an aromatic ring is 1. The number of anilines is 1. The van der Waals surface area contributed by atoms with Crippen molar-refractivity contribution in [1.82, 2.24) is 14.5 Å². The van der Waals surface area contributed by atoms with Crippen LogP contribution in [0.4, 0.5) is 5.95 Å². The van der Waals surface area contributed by atoms with E-state index in [1.165, 1.54) is 22.5 Å². The van der Waals surface area contributed by atoms with E-state index in [1.807, 2.05) is 0 Å². The third-order valence-electron chi connectivity index (χ3n) is 4.18. The van der Waals surface area contributed by atoms with Gasteiger partial charge in [0.15, 0.2) is 6.33 Å². The lowest BCUT2D eigenvalue weighted by Crippen LogP contribution is -2.46. The Balaban J connectivity index is 1.78. The average Bonchev–Trinajstić information content (AvgIpc) is 3.08. The summed E-state index contributed by atoms with van der Waals surface area (Å²) in [4.78, 5) is 37.0. The average molecular weight is 520 g/mol. The van der Waals surface area contributed by atoms with Gasteiger partial charge in [-0.3, -0.25) is 18.9 Å². The predicted octanol–water partition coefficient (Wildman–Crippen LogP) is -1.91. The topological polar surface area (TPSA) is 267 Å². The van der Waals surface area contributed by atoms with E-state index in [0.717, 1.165) is 0 Å². The summed E-state index contributed by atoms with van der Waals surface area (Å²) in [6, 6.07) is 0. The first-order valence-corrected chi connectivity index (χ1v) is 12.4. The van der Waals surface area contributed by atoms with Crippen molar-refractivity contribution in [1.29, 1.82) is 0 Å². The summed E-state index contributed by atoms with van der Waals surface area (Å²) in [5.74, 6) is -0.232. The molecule has 0 amide bonds. The van der Waals surface area contributed by atoms with Gasteiger partial charge in [-0.05, 0) is 0 Å². The number of nitrogens with two attached hydrogens (primary N) is 1. The molecule has 0 bridgehead atoms. The fourth-order valence-corrected chi connectivity index (χ4v) is 5.60. The number of fused-ring (bicyclic) bond motifs is 1. The van der Waals surface area contributed by atoms with Crippen molar-refractivity contribution in [3.05, 3.63) is 16.7 Å². The molecule has 2 aromatic rings. The number of phosphoric ester groups is 1. The summed E-state index contributed by atoms with van der Waals surface area (Å²) in [5.41, 5.74) is 5.01. The summed E-state index contributed by atoms with van der Waals surface area (Å²) in [7, 11) is -13.3. The highest BCUT2D eigenvalue weighted by Crippen LogP contribution is 2.62. The molecule has 7 N–H and O–H groups in total. The van der Waals surface area contributed by atoms with Gasteiger partial charge < -0.3 is 30.5 Å². The van der Waals surface area contributed by atoms with E-state index in [1.54, 1.807) is 0 Å². The standard InChI is InChI=1S/C11H16N5O13P3/c1-15-3-16(8-5(15)9(19)14-11(12)13-8)10-7(18)6(17)4(27-10)2-26-31(22,23)29-32(24,25)28-30(20)21/h3-4,6-7,10,17-18H,2H2,1H3,(H4-,12,13,14,19,22,23,24,25)/p+1/t4-,6-,7-,10-/m1/s1. The summed E-state index contributed by atoms with van der Waals surface area (Å²) < 4.78 is 63.4. The van der Waals surface area contributed by atoms with Gasteiger partial charge in [0.2, 0.25) is 11.7 Å². The van der Waals surface area contributed by atoms with E-state index >= 15 is 0 Å². The molecule has 0 radical (unpaired) electrons. The molecule has 2 aromatic heterocycles. The van der Waals surface area contributed by atoms with Crippen LogP contribution in [0.1, 0.15) is 6.23 Å². The molecule has 3 heterocycles. The van der Waals surface area contributed by atoms with E-state index in [-0.39, 0.29) is 17.1 Å². The number of nitrogens with one attached hydrogen (secondary N) is 1. The third kappa shape index (κ3) is 5.22. The maximum Gasteiger partial charge on any atom is 0.493 e. The van der Waals surface area contributed by atoms with E-state index < -0.39 is 60.3 Å². The van der Waals surface area contributed by atoms with Crippen molar-refractivity contribution >= 4 is 40.7 Å². The number of aliphatic hydroxyl groups is 2. The third-order valence-corrected chi connectivity index (χ3v) is 7.66. The van der Waals surface area contributed by atoms with E-state index in [9.17, 15) is 38.2 Å². The first-order valence-electron chi connectivity index (χ1n) is 8.34.